The molecule has 0 bridgehead atoms. The monoisotopic (exact) mass is 408 g/mol. The first kappa shape index (κ1) is 18.3. The maximum Gasteiger partial charge on any atom is 0.408 e. The molecule has 0 spiro atoms. The molecule has 3 nitrogen and oxygen atoms in total. The van der Waals surface area contributed by atoms with Gasteiger partial charge in [-0.25, -0.2) is 0 Å². The first-order valence-corrected chi connectivity index (χ1v) is 7.93. The summed E-state index contributed by atoms with van der Waals surface area (Å²) in [5.41, 5.74) is 0.573. The molecule has 0 radical (unpaired) electrons. The van der Waals surface area contributed by atoms with E-state index < -0.39 is 18.3 Å². The van der Waals surface area contributed by atoms with Gasteiger partial charge < -0.3 is 4.74 Å². The van der Waals surface area contributed by atoms with Crippen LogP contribution in [0.4, 0.5) is 13.2 Å². The van der Waals surface area contributed by atoms with E-state index in [-0.39, 0.29) is 23.4 Å². The summed E-state index contributed by atoms with van der Waals surface area (Å²) in [4.78, 5) is 1.12. The van der Waals surface area contributed by atoms with Crippen molar-refractivity contribution in [3.63, 3.8) is 0 Å². The number of benzene rings is 1. The molecule has 1 aromatic carbocycles. The number of nitrogens with zero attached hydrogens (tertiary/aromatic N) is 2. The molecule has 1 aliphatic heterocycles. The zero-order valence-electron chi connectivity index (χ0n) is 12.1. The Morgan fingerprint density at radius 1 is 1.35 bits per heavy atom. The van der Waals surface area contributed by atoms with E-state index in [0.717, 1.165) is 4.90 Å². The lowest BCUT2D eigenvalue weighted by molar-refractivity contribution is -0.183. The van der Waals surface area contributed by atoms with E-state index in [1.807, 2.05) is 6.07 Å². The lowest BCUT2D eigenvalue weighted by Gasteiger charge is -2.32. The van der Waals surface area contributed by atoms with Crippen molar-refractivity contribution < 1.29 is 17.9 Å². The third-order valence-corrected chi connectivity index (χ3v) is 4.61. The number of ether oxygens (including phenoxy) is 1. The Hall–Kier alpha value is -1.07. The molecule has 1 aromatic rings. The number of nitriles is 1. The first-order chi connectivity index (χ1) is 10.8. The summed E-state index contributed by atoms with van der Waals surface area (Å²) in [6.45, 7) is 1.73. The van der Waals surface area contributed by atoms with Crippen LogP contribution in [-0.4, -0.2) is 30.5 Å². The molecular weight excluding hydrogens is 397 g/mol. The van der Waals surface area contributed by atoms with E-state index in [9.17, 15) is 18.4 Å². The van der Waals surface area contributed by atoms with E-state index in [0.29, 0.717) is 10.6 Å². The van der Waals surface area contributed by atoms with E-state index >= 15 is 0 Å². The number of hydrogen-bond donors (Lipinski definition) is 0. The van der Waals surface area contributed by atoms with Crippen LogP contribution >= 0.6 is 27.5 Å². The maximum absolute atomic E-state index is 13.5. The fraction of sp³-hybridized carbons (Fsp3) is 0.400. The first-order valence-electron chi connectivity index (χ1n) is 6.76. The van der Waals surface area contributed by atoms with Crippen molar-refractivity contribution in [1.82, 2.24) is 4.90 Å². The minimum Gasteiger partial charge on any atom is -0.366 e. The van der Waals surface area contributed by atoms with Crippen LogP contribution in [0.5, 0.6) is 0 Å². The van der Waals surface area contributed by atoms with Crippen LogP contribution in [0.25, 0.3) is 0 Å². The lowest BCUT2D eigenvalue weighted by Crippen LogP contribution is -2.44. The van der Waals surface area contributed by atoms with Crippen molar-refractivity contribution in [3.05, 3.63) is 44.9 Å². The average Bonchev–Trinajstić information content (AvgIpc) is 2.77. The molecule has 0 fully saturated rings. The standard InChI is InChI=1S/C15H13BrClF3N2O/c1-2-23-8-22-13(9-3-5-10(17)6-4-9)11(7-21)12(16)14(22)15(18,19)20/h3-6,13-14H,2,8H2,1H3. The molecule has 0 saturated heterocycles. The minimum atomic E-state index is -4.53. The minimum absolute atomic E-state index is 0.0225. The Kier molecular flexibility index (Phi) is 5.74. The highest BCUT2D eigenvalue weighted by molar-refractivity contribution is 9.11. The highest BCUT2D eigenvalue weighted by Gasteiger charge is 2.54. The van der Waals surface area contributed by atoms with Crippen LogP contribution in [0.2, 0.25) is 5.02 Å². The largest absolute Gasteiger partial charge is 0.408 e. The lowest BCUT2D eigenvalue weighted by atomic mass is 10.0. The number of rotatable bonds is 4. The Morgan fingerprint density at radius 3 is 2.43 bits per heavy atom. The van der Waals surface area contributed by atoms with E-state index in [4.69, 9.17) is 16.3 Å². The molecule has 0 N–H and O–H groups in total. The normalized spacial score (nSPS) is 22.5. The second kappa shape index (κ2) is 7.22. The van der Waals surface area contributed by atoms with Crippen LogP contribution in [0.1, 0.15) is 18.5 Å². The van der Waals surface area contributed by atoms with Gasteiger partial charge in [-0.3, -0.25) is 4.90 Å². The van der Waals surface area contributed by atoms with E-state index in [2.05, 4.69) is 15.9 Å². The molecule has 124 valence electrons. The zero-order chi connectivity index (χ0) is 17.2. The van der Waals surface area contributed by atoms with Gasteiger partial charge in [0.1, 0.15) is 12.8 Å². The van der Waals surface area contributed by atoms with Crippen molar-refractivity contribution in [3.8, 4) is 6.07 Å². The molecule has 2 atom stereocenters. The van der Waals surface area contributed by atoms with Gasteiger partial charge in [-0.15, -0.1) is 0 Å². The molecule has 1 aliphatic rings. The second-order valence-electron chi connectivity index (χ2n) is 4.91. The van der Waals surface area contributed by atoms with Gasteiger partial charge in [0.15, 0.2) is 0 Å². The zero-order valence-corrected chi connectivity index (χ0v) is 14.4. The molecule has 8 heteroatoms. The Balaban J connectivity index is 2.51. The third-order valence-electron chi connectivity index (χ3n) is 3.49. The van der Waals surface area contributed by atoms with Crippen LogP contribution in [0, 0.1) is 11.3 Å². The smallest absolute Gasteiger partial charge is 0.366 e. The van der Waals surface area contributed by atoms with Gasteiger partial charge >= 0.3 is 6.18 Å². The fourth-order valence-corrected chi connectivity index (χ4v) is 3.49. The molecular formula is C15H13BrClF3N2O. The summed E-state index contributed by atoms with van der Waals surface area (Å²) in [7, 11) is 0. The predicted molar refractivity (Wildman–Crippen MR) is 83.9 cm³/mol. The number of hydrogen-bond acceptors (Lipinski definition) is 3. The van der Waals surface area contributed by atoms with Gasteiger partial charge in [0, 0.05) is 16.1 Å². The SMILES string of the molecule is CCOCN1C(c2ccc(Cl)cc2)C(C#N)=C(Br)C1C(F)(F)F. The van der Waals surface area contributed by atoms with Gasteiger partial charge in [0.05, 0.1) is 17.7 Å². The molecule has 0 aliphatic carbocycles. The van der Waals surface area contributed by atoms with Crippen LogP contribution in [0.15, 0.2) is 34.3 Å². The fourth-order valence-electron chi connectivity index (χ4n) is 2.53. The Labute approximate surface area is 145 Å². The van der Waals surface area contributed by atoms with E-state index in [1.54, 1.807) is 31.2 Å². The van der Waals surface area contributed by atoms with Crippen molar-refractivity contribution >= 4 is 27.5 Å². The third kappa shape index (κ3) is 3.72. The van der Waals surface area contributed by atoms with Crippen LogP contribution in [0.3, 0.4) is 0 Å². The number of alkyl halides is 3. The maximum atomic E-state index is 13.5. The summed E-state index contributed by atoms with van der Waals surface area (Å²) < 4.78 is 45.4. The summed E-state index contributed by atoms with van der Waals surface area (Å²) in [6, 6.07) is 5.53. The molecule has 1 heterocycles. The molecule has 2 unspecified atom stereocenters. The van der Waals surface area contributed by atoms with Crippen molar-refractivity contribution in [2.75, 3.05) is 13.3 Å². The van der Waals surface area contributed by atoms with Crippen molar-refractivity contribution in [2.24, 2.45) is 0 Å². The average molecular weight is 410 g/mol. The molecule has 0 aromatic heterocycles. The molecule has 23 heavy (non-hydrogen) atoms. The topological polar surface area (TPSA) is 36.3 Å². The van der Waals surface area contributed by atoms with Gasteiger partial charge in [0.25, 0.3) is 0 Å². The summed E-state index contributed by atoms with van der Waals surface area (Å²) >= 11 is 8.80. The Bertz CT molecular complexity index is 640. The predicted octanol–water partition coefficient (Wildman–Crippen LogP) is 4.79. The molecule has 2 rings (SSSR count). The highest BCUT2D eigenvalue weighted by Crippen LogP contribution is 2.48. The van der Waals surface area contributed by atoms with Gasteiger partial charge in [-0.05, 0) is 24.6 Å². The van der Waals surface area contributed by atoms with Crippen LogP contribution < -0.4 is 0 Å². The number of halogens is 5. The highest BCUT2D eigenvalue weighted by atomic mass is 79.9. The molecule has 0 amide bonds. The van der Waals surface area contributed by atoms with Gasteiger partial charge in [-0.1, -0.05) is 39.7 Å². The summed E-state index contributed by atoms with van der Waals surface area (Å²) in [5.74, 6) is 0. The second-order valence-corrected chi connectivity index (χ2v) is 6.20. The summed E-state index contributed by atoms with van der Waals surface area (Å²) in [5, 5.41) is 9.82. The van der Waals surface area contributed by atoms with Gasteiger partial charge in [-0.2, -0.15) is 18.4 Å². The van der Waals surface area contributed by atoms with Crippen molar-refractivity contribution in [1.29, 1.82) is 5.26 Å². The summed E-state index contributed by atoms with van der Waals surface area (Å²) in [6.07, 6.45) is -4.53. The van der Waals surface area contributed by atoms with Crippen molar-refractivity contribution in [2.45, 2.75) is 25.2 Å². The van der Waals surface area contributed by atoms with E-state index in [1.165, 1.54) is 0 Å². The van der Waals surface area contributed by atoms with Gasteiger partial charge in [0.2, 0.25) is 0 Å². The molecule has 0 saturated carbocycles. The quantitative estimate of drug-likeness (QED) is 0.717. The van der Waals surface area contributed by atoms with Crippen LogP contribution in [-0.2, 0) is 4.74 Å². The Morgan fingerprint density at radius 2 is 1.96 bits per heavy atom.